The molecule has 1 heterocycles. The zero-order chi connectivity index (χ0) is 17.8. The predicted molar refractivity (Wildman–Crippen MR) is 92.9 cm³/mol. The van der Waals surface area contributed by atoms with E-state index in [1.165, 1.54) is 6.07 Å². The predicted octanol–water partition coefficient (Wildman–Crippen LogP) is 3.98. The summed E-state index contributed by atoms with van der Waals surface area (Å²) < 4.78 is 26.7. The lowest BCUT2D eigenvalue weighted by molar-refractivity contribution is -0.132. The molecular weight excluding hydrogens is 322 g/mol. The second kappa shape index (κ2) is 7.74. The van der Waals surface area contributed by atoms with Crippen LogP contribution in [0.25, 0.3) is 0 Å². The van der Waals surface area contributed by atoms with Crippen molar-refractivity contribution in [2.24, 2.45) is 0 Å². The van der Waals surface area contributed by atoms with Crippen molar-refractivity contribution < 1.29 is 13.6 Å². The van der Waals surface area contributed by atoms with Crippen LogP contribution in [0.3, 0.4) is 0 Å². The molecule has 1 fully saturated rings. The Morgan fingerprint density at radius 3 is 2.32 bits per heavy atom. The minimum atomic E-state index is -0.881. The quantitative estimate of drug-likeness (QED) is 0.890. The second-order valence-corrected chi connectivity index (χ2v) is 6.44. The van der Waals surface area contributed by atoms with Crippen LogP contribution < -0.4 is 5.32 Å². The van der Waals surface area contributed by atoms with Crippen LogP contribution in [-0.4, -0.2) is 23.9 Å². The minimum absolute atomic E-state index is 0.0260. The van der Waals surface area contributed by atoms with E-state index in [-0.39, 0.29) is 11.9 Å². The fraction of sp³-hybridized carbons (Fsp3) is 0.350. The van der Waals surface area contributed by atoms with Gasteiger partial charge in [-0.1, -0.05) is 36.4 Å². The van der Waals surface area contributed by atoms with Gasteiger partial charge in [-0.2, -0.15) is 0 Å². The average molecular weight is 344 g/mol. The number of likely N-dealkylation sites (tertiary alicyclic amines) is 1. The summed E-state index contributed by atoms with van der Waals surface area (Å²) in [5.74, 6) is -1.73. The molecule has 3 nitrogen and oxygen atoms in total. The first kappa shape index (κ1) is 17.5. The Hall–Kier alpha value is -2.27. The lowest BCUT2D eigenvalue weighted by atomic mass is 10.0. The van der Waals surface area contributed by atoms with Gasteiger partial charge in [-0.25, -0.2) is 8.78 Å². The van der Waals surface area contributed by atoms with Crippen molar-refractivity contribution in [2.75, 3.05) is 13.1 Å². The topological polar surface area (TPSA) is 32.3 Å². The monoisotopic (exact) mass is 344 g/mol. The number of benzene rings is 2. The van der Waals surface area contributed by atoms with Crippen LogP contribution in [0.4, 0.5) is 8.78 Å². The zero-order valence-corrected chi connectivity index (χ0v) is 14.2. The number of carbonyl (C=O) groups is 1. The van der Waals surface area contributed by atoms with Crippen LogP contribution >= 0.6 is 0 Å². The number of carbonyl (C=O) groups excluding carboxylic acids is 1. The van der Waals surface area contributed by atoms with Crippen molar-refractivity contribution in [1.82, 2.24) is 10.2 Å². The summed E-state index contributed by atoms with van der Waals surface area (Å²) >= 11 is 0. The van der Waals surface area contributed by atoms with E-state index in [1.54, 1.807) is 6.07 Å². The molecule has 1 saturated heterocycles. The van der Waals surface area contributed by atoms with Crippen molar-refractivity contribution in [3.8, 4) is 0 Å². The van der Waals surface area contributed by atoms with E-state index in [4.69, 9.17) is 0 Å². The average Bonchev–Trinajstić information content (AvgIpc) is 3.16. The summed E-state index contributed by atoms with van der Waals surface area (Å²) in [5.41, 5.74) is 1.47. The molecule has 1 aliphatic rings. The maximum atomic E-state index is 13.5. The van der Waals surface area contributed by atoms with Crippen LogP contribution in [0.1, 0.15) is 43.0 Å². The summed E-state index contributed by atoms with van der Waals surface area (Å²) in [5, 5.41) is 3.29. The van der Waals surface area contributed by atoms with E-state index in [2.05, 4.69) is 5.32 Å². The fourth-order valence-corrected chi connectivity index (χ4v) is 3.20. The number of halogens is 2. The third kappa shape index (κ3) is 4.04. The highest BCUT2D eigenvalue weighted by Gasteiger charge is 2.29. The van der Waals surface area contributed by atoms with Gasteiger partial charge in [0.2, 0.25) is 5.91 Å². The molecule has 2 aromatic rings. The van der Waals surface area contributed by atoms with E-state index in [0.29, 0.717) is 5.56 Å². The molecule has 25 heavy (non-hydrogen) atoms. The lowest BCUT2D eigenvalue weighted by Crippen LogP contribution is -2.40. The Morgan fingerprint density at radius 2 is 1.68 bits per heavy atom. The molecule has 0 aliphatic carbocycles. The normalized spacial score (nSPS) is 16.7. The first-order valence-electron chi connectivity index (χ1n) is 8.61. The van der Waals surface area contributed by atoms with E-state index in [9.17, 15) is 13.6 Å². The minimum Gasteiger partial charge on any atom is -0.341 e. The number of nitrogens with zero attached hydrogens (tertiary/aromatic N) is 1. The van der Waals surface area contributed by atoms with Crippen LogP contribution in [0.15, 0.2) is 48.5 Å². The Balaban J connectivity index is 1.83. The third-order valence-corrected chi connectivity index (χ3v) is 4.66. The zero-order valence-electron chi connectivity index (χ0n) is 14.2. The van der Waals surface area contributed by atoms with Gasteiger partial charge in [-0.15, -0.1) is 0 Å². The highest BCUT2D eigenvalue weighted by molar-refractivity contribution is 5.83. The van der Waals surface area contributed by atoms with Gasteiger partial charge in [-0.3, -0.25) is 10.1 Å². The second-order valence-electron chi connectivity index (χ2n) is 6.44. The smallest absolute Gasteiger partial charge is 0.244 e. The Morgan fingerprint density at radius 1 is 1.00 bits per heavy atom. The Bertz CT molecular complexity index is 730. The summed E-state index contributed by atoms with van der Waals surface area (Å²) in [4.78, 5) is 14.8. The number of rotatable bonds is 5. The number of hydrogen-bond acceptors (Lipinski definition) is 2. The first-order valence-corrected chi connectivity index (χ1v) is 8.61. The highest BCUT2D eigenvalue weighted by atomic mass is 19.2. The number of amides is 1. The van der Waals surface area contributed by atoms with Crippen molar-refractivity contribution in [3.05, 3.63) is 71.3 Å². The van der Waals surface area contributed by atoms with E-state index < -0.39 is 17.7 Å². The molecule has 5 heteroatoms. The summed E-state index contributed by atoms with van der Waals surface area (Å²) in [6.45, 7) is 3.38. The van der Waals surface area contributed by atoms with Crippen LogP contribution in [0.5, 0.6) is 0 Å². The van der Waals surface area contributed by atoms with Crippen LogP contribution in [-0.2, 0) is 4.79 Å². The summed E-state index contributed by atoms with van der Waals surface area (Å²) in [6, 6.07) is 12.5. The van der Waals surface area contributed by atoms with E-state index in [1.807, 2.05) is 42.2 Å². The van der Waals surface area contributed by atoms with Crippen molar-refractivity contribution in [3.63, 3.8) is 0 Å². The Kier molecular flexibility index (Phi) is 5.43. The van der Waals surface area contributed by atoms with Crippen molar-refractivity contribution in [2.45, 2.75) is 31.8 Å². The molecule has 0 spiro atoms. The van der Waals surface area contributed by atoms with E-state index >= 15 is 0 Å². The van der Waals surface area contributed by atoms with Gasteiger partial charge < -0.3 is 4.90 Å². The van der Waals surface area contributed by atoms with Gasteiger partial charge in [0.1, 0.15) is 6.04 Å². The van der Waals surface area contributed by atoms with Gasteiger partial charge in [0.05, 0.1) is 0 Å². The third-order valence-electron chi connectivity index (χ3n) is 4.66. The molecule has 3 rings (SSSR count). The van der Waals surface area contributed by atoms with Crippen molar-refractivity contribution in [1.29, 1.82) is 0 Å². The fourth-order valence-electron chi connectivity index (χ4n) is 3.20. The molecular formula is C20H22F2N2O. The van der Waals surface area contributed by atoms with Crippen molar-refractivity contribution >= 4 is 5.91 Å². The number of hydrogen-bond donors (Lipinski definition) is 1. The molecule has 0 saturated carbocycles. The van der Waals surface area contributed by atoms with Gasteiger partial charge in [0.15, 0.2) is 11.6 Å². The molecule has 1 aliphatic heterocycles. The van der Waals surface area contributed by atoms with Gasteiger partial charge in [0.25, 0.3) is 0 Å². The Labute approximate surface area is 146 Å². The molecule has 0 unspecified atom stereocenters. The van der Waals surface area contributed by atoms with E-state index in [0.717, 1.165) is 37.6 Å². The first-order chi connectivity index (χ1) is 12.1. The molecule has 0 aromatic heterocycles. The van der Waals surface area contributed by atoms with Crippen LogP contribution in [0, 0.1) is 11.6 Å². The largest absolute Gasteiger partial charge is 0.341 e. The molecule has 2 aromatic carbocycles. The highest BCUT2D eigenvalue weighted by Crippen LogP contribution is 2.24. The summed E-state index contributed by atoms with van der Waals surface area (Å²) in [6.07, 6.45) is 2.04. The maximum Gasteiger partial charge on any atom is 0.244 e. The molecule has 0 bridgehead atoms. The number of nitrogens with one attached hydrogen (secondary N) is 1. The standard InChI is InChI=1S/C20H22F2N2O/c1-14(16-9-10-17(21)18(22)13-16)23-19(15-7-3-2-4-8-15)20(25)24-11-5-6-12-24/h2-4,7-10,13-14,19,23H,5-6,11-12H2,1H3/t14-,19-/m1/s1. The molecule has 132 valence electrons. The molecule has 1 amide bonds. The lowest BCUT2D eigenvalue weighted by Gasteiger charge is -2.27. The van der Waals surface area contributed by atoms with Gasteiger partial charge in [-0.05, 0) is 43.0 Å². The van der Waals surface area contributed by atoms with Crippen LogP contribution in [0.2, 0.25) is 0 Å². The molecule has 2 atom stereocenters. The molecule has 1 N–H and O–H groups in total. The van der Waals surface area contributed by atoms with Gasteiger partial charge in [0, 0.05) is 19.1 Å². The molecule has 0 radical (unpaired) electrons. The SMILES string of the molecule is C[C@@H](N[C@@H](C(=O)N1CCCC1)c1ccccc1)c1ccc(F)c(F)c1. The summed E-state index contributed by atoms with van der Waals surface area (Å²) in [7, 11) is 0. The maximum absolute atomic E-state index is 13.5. The van der Waals surface area contributed by atoms with Gasteiger partial charge >= 0.3 is 0 Å².